The first kappa shape index (κ1) is 20.9. The van der Waals surface area contributed by atoms with Gasteiger partial charge in [0, 0.05) is 51.7 Å². The van der Waals surface area contributed by atoms with Crippen LogP contribution in [0.15, 0.2) is 35.1 Å². The summed E-state index contributed by atoms with van der Waals surface area (Å²) in [6.45, 7) is 7.69. The maximum absolute atomic E-state index is 4.87. The Hall–Kier alpha value is -1.38. The molecule has 0 atom stereocenters. The van der Waals surface area contributed by atoms with Gasteiger partial charge < -0.3 is 15.1 Å². The van der Waals surface area contributed by atoms with Crippen molar-refractivity contribution in [1.82, 2.24) is 20.2 Å². The van der Waals surface area contributed by atoms with Crippen molar-refractivity contribution in [2.24, 2.45) is 4.99 Å². The first-order valence-corrected chi connectivity index (χ1v) is 9.60. The minimum Gasteiger partial charge on any atom is -0.357 e. The van der Waals surface area contributed by atoms with E-state index >= 15 is 0 Å². The van der Waals surface area contributed by atoms with Crippen LogP contribution >= 0.6 is 24.0 Å². The van der Waals surface area contributed by atoms with Gasteiger partial charge in [0.1, 0.15) is 0 Å². The number of hydrogen-bond donors (Lipinski definition) is 1. The molecule has 0 aromatic carbocycles. The fourth-order valence-electron chi connectivity index (χ4n) is 3.44. The number of hydrogen-bond acceptors (Lipinski definition) is 4. The second kappa shape index (κ2) is 11.4. The molecule has 0 unspecified atom stereocenters. The Bertz CT molecular complexity index is 581. The van der Waals surface area contributed by atoms with E-state index in [4.69, 9.17) is 4.99 Å². The van der Waals surface area contributed by atoms with Crippen LogP contribution in [0.4, 0.5) is 5.95 Å². The second-order valence-corrected chi connectivity index (χ2v) is 6.62. The highest BCUT2D eigenvalue weighted by molar-refractivity contribution is 14.0. The smallest absolute Gasteiger partial charge is 0.225 e. The van der Waals surface area contributed by atoms with Crippen LogP contribution in [0.3, 0.4) is 0 Å². The standard InChI is InChI=1S/C19H30N6.HI/c1-2-20-18(23-12-9-17-7-4-3-5-8-17)24-13-15-25(16-14-24)19-21-10-6-11-22-19;/h6-7,10-11H,2-5,8-9,12-16H2,1H3,(H,20,23);1H. The maximum Gasteiger partial charge on any atom is 0.225 e. The Morgan fingerprint density at radius 1 is 1.15 bits per heavy atom. The summed E-state index contributed by atoms with van der Waals surface area (Å²) in [4.78, 5) is 18.2. The van der Waals surface area contributed by atoms with E-state index < -0.39 is 0 Å². The van der Waals surface area contributed by atoms with E-state index in [1.54, 1.807) is 18.0 Å². The number of guanidine groups is 1. The minimum absolute atomic E-state index is 0. The Morgan fingerprint density at radius 2 is 1.92 bits per heavy atom. The fourth-order valence-corrected chi connectivity index (χ4v) is 3.44. The minimum atomic E-state index is 0. The zero-order valence-corrected chi connectivity index (χ0v) is 18.1. The first-order chi connectivity index (χ1) is 12.4. The number of aromatic nitrogens is 2. The molecule has 0 amide bonds. The van der Waals surface area contributed by atoms with Crippen molar-refractivity contribution in [1.29, 1.82) is 0 Å². The third kappa shape index (κ3) is 6.10. The highest BCUT2D eigenvalue weighted by Gasteiger charge is 2.21. The number of allylic oxidation sites excluding steroid dienone is 1. The molecule has 1 saturated heterocycles. The number of nitrogens with one attached hydrogen (secondary N) is 1. The summed E-state index contributed by atoms with van der Waals surface area (Å²) in [5, 5.41) is 3.45. The van der Waals surface area contributed by atoms with Gasteiger partial charge >= 0.3 is 0 Å². The molecule has 0 saturated carbocycles. The summed E-state index contributed by atoms with van der Waals surface area (Å²) in [6.07, 6.45) is 12.4. The Morgan fingerprint density at radius 3 is 2.58 bits per heavy atom. The van der Waals surface area contributed by atoms with Crippen LogP contribution in [-0.2, 0) is 0 Å². The van der Waals surface area contributed by atoms with Crippen molar-refractivity contribution < 1.29 is 0 Å². The molecule has 3 rings (SSSR count). The van der Waals surface area contributed by atoms with Crippen molar-refractivity contribution in [3.05, 3.63) is 30.1 Å². The molecule has 0 bridgehead atoms. The summed E-state index contributed by atoms with van der Waals surface area (Å²) in [5.41, 5.74) is 1.59. The van der Waals surface area contributed by atoms with E-state index in [2.05, 4.69) is 38.1 Å². The van der Waals surface area contributed by atoms with E-state index in [-0.39, 0.29) is 24.0 Å². The van der Waals surface area contributed by atoms with Gasteiger partial charge in [0.05, 0.1) is 0 Å². The topological polar surface area (TPSA) is 56.7 Å². The van der Waals surface area contributed by atoms with Crippen molar-refractivity contribution in [2.45, 2.75) is 39.0 Å². The summed E-state index contributed by atoms with van der Waals surface area (Å²) in [6, 6.07) is 1.86. The van der Waals surface area contributed by atoms with Gasteiger partial charge in [-0.05, 0) is 45.1 Å². The first-order valence-electron chi connectivity index (χ1n) is 9.60. The molecule has 144 valence electrons. The molecule has 1 aromatic heterocycles. The molecule has 1 aliphatic heterocycles. The zero-order chi connectivity index (χ0) is 17.3. The lowest BCUT2D eigenvalue weighted by Crippen LogP contribution is -2.53. The quantitative estimate of drug-likeness (QED) is 0.310. The molecule has 0 radical (unpaired) electrons. The number of halogens is 1. The van der Waals surface area contributed by atoms with Crippen LogP contribution in [0.25, 0.3) is 0 Å². The maximum atomic E-state index is 4.87. The van der Waals surface area contributed by atoms with Crippen LogP contribution in [0.2, 0.25) is 0 Å². The van der Waals surface area contributed by atoms with Crippen molar-refractivity contribution >= 4 is 35.9 Å². The summed E-state index contributed by atoms with van der Waals surface area (Å²) in [5.74, 6) is 1.88. The van der Waals surface area contributed by atoms with Crippen LogP contribution in [0, 0.1) is 0 Å². The Balaban J connectivity index is 0.00000243. The van der Waals surface area contributed by atoms with Gasteiger partial charge in [0.15, 0.2) is 5.96 Å². The summed E-state index contributed by atoms with van der Waals surface area (Å²) in [7, 11) is 0. The molecule has 6 nitrogen and oxygen atoms in total. The van der Waals surface area contributed by atoms with Crippen LogP contribution in [0.5, 0.6) is 0 Å². The van der Waals surface area contributed by atoms with Crippen molar-refractivity contribution in [3.63, 3.8) is 0 Å². The monoisotopic (exact) mass is 470 g/mol. The van der Waals surface area contributed by atoms with Gasteiger partial charge in [0.2, 0.25) is 5.95 Å². The zero-order valence-electron chi connectivity index (χ0n) is 15.7. The van der Waals surface area contributed by atoms with E-state index in [1.807, 2.05) is 6.07 Å². The highest BCUT2D eigenvalue weighted by atomic mass is 127. The molecular formula is C19H31IN6. The van der Waals surface area contributed by atoms with Gasteiger partial charge in [-0.1, -0.05) is 11.6 Å². The van der Waals surface area contributed by atoms with Gasteiger partial charge in [0.25, 0.3) is 0 Å². The van der Waals surface area contributed by atoms with Crippen LogP contribution in [-0.4, -0.2) is 60.1 Å². The lowest BCUT2D eigenvalue weighted by Gasteiger charge is -2.36. The van der Waals surface area contributed by atoms with E-state index in [9.17, 15) is 0 Å². The number of rotatable bonds is 5. The molecule has 1 aliphatic carbocycles. The molecular weight excluding hydrogens is 439 g/mol. The van der Waals surface area contributed by atoms with Crippen LogP contribution < -0.4 is 10.2 Å². The van der Waals surface area contributed by atoms with E-state index in [0.29, 0.717) is 0 Å². The second-order valence-electron chi connectivity index (χ2n) is 6.62. The number of anilines is 1. The third-order valence-corrected chi connectivity index (χ3v) is 4.83. The fraction of sp³-hybridized carbons (Fsp3) is 0.632. The number of nitrogens with zero attached hydrogens (tertiary/aromatic N) is 5. The van der Waals surface area contributed by atoms with Gasteiger partial charge in [-0.25, -0.2) is 9.97 Å². The number of aliphatic imine (C=N–C) groups is 1. The molecule has 2 aliphatic rings. The van der Waals surface area contributed by atoms with Gasteiger partial charge in [-0.15, -0.1) is 24.0 Å². The van der Waals surface area contributed by atoms with Crippen molar-refractivity contribution in [3.8, 4) is 0 Å². The normalized spacial score (nSPS) is 18.2. The average molecular weight is 470 g/mol. The number of piperazine rings is 1. The van der Waals surface area contributed by atoms with E-state index in [0.717, 1.165) is 57.6 Å². The molecule has 1 N–H and O–H groups in total. The van der Waals surface area contributed by atoms with Gasteiger partial charge in [-0.3, -0.25) is 4.99 Å². The average Bonchev–Trinajstić information content (AvgIpc) is 2.69. The Labute approximate surface area is 174 Å². The highest BCUT2D eigenvalue weighted by Crippen LogP contribution is 2.20. The molecule has 1 aromatic rings. The summed E-state index contributed by atoms with van der Waals surface area (Å²) >= 11 is 0. The molecule has 2 heterocycles. The van der Waals surface area contributed by atoms with Crippen LogP contribution in [0.1, 0.15) is 39.0 Å². The lowest BCUT2D eigenvalue weighted by molar-refractivity contribution is 0.370. The molecule has 0 spiro atoms. The molecule has 1 fully saturated rings. The van der Waals surface area contributed by atoms with Gasteiger partial charge in [-0.2, -0.15) is 0 Å². The summed E-state index contributed by atoms with van der Waals surface area (Å²) < 4.78 is 0. The predicted octanol–water partition coefficient (Wildman–Crippen LogP) is 3.07. The third-order valence-electron chi connectivity index (χ3n) is 4.83. The lowest BCUT2D eigenvalue weighted by atomic mass is 9.97. The molecule has 26 heavy (non-hydrogen) atoms. The van der Waals surface area contributed by atoms with E-state index in [1.165, 1.54) is 25.7 Å². The molecule has 7 heteroatoms. The van der Waals surface area contributed by atoms with Crippen molar-refractivity contribution in [2.75, 3.05) is 44.2 Å². The SMILES string of the molecule is CCNC(=NCCC1=CCCCC1)N1CCN(c2ncccn2)CC1.I. The Kier molecular flexibility index (Phi) is 9.14. The largest absolute Gasteiger partial charge is 0.357 e. The predicted molar refractivity (Wildman–Crippen MR) is 118 cm³/mol.